The lowest BCUT2D eigenvalue weighted by Gasteiger charge is -2.49. The number of nitrogens with zero attached hydrogens (tertiary/aromatic N) is 3. The van der Waals surface area contributed by atoms with E-state index in [4.69, 9.17) is 0 Å². The molecule has 1 unspecified atom stereocenters. The minimum absolute atomic E-state index is 0.120. The molecule has 1 atom stereocenters. The number of carbonyl (C=O) groups excluding carboxylic acids is 1. The van der Waals surface area contributed by atoms with Gasteiger partial charge in [-0.2, -0.15) is 0 Å². The minimum Gasteiger partial charge on any atom is -0.350 e. The standard InChI is InChI=1S/C18H24N4O2/c1-18(2,3)22-8-7-13(22)10-19-16(23)12-5-6-15-14(9-12)17(24)21(4)11-20-15/h5-6,9,11,13H,7-8,10H2,1-4H3,(H,19,23). The Labute approximate surface area is 141 Å². The molecule has 24 heavy (non-hydrogen) atoms. The molecule has 6 nitrogen and oxygen atoms in total. The number of fused-ring (bicyclic) bond motifs is 1. The second-order valence-corrected chi connectivity index (χ2v) is 7.41. The summed E-state index contributed by atoms with van der Waals surface area (Å²) in [6.45, 7) is 8.26. The minimum atomic E-state index is -0.149. The first-order chi connectivity index (χ1) is 11.3. The summed E-state index contributed by atoms with van der Waals surface area (Å²) in [6.07, 6.45) is 2.59. The summed E-state index contributed by atoms with van der Waals surface area (Å²) in [5.74, 6) is -0.149. The summed E-state index contributed by atoms with van der Waals surface area (Å²) in [6, 6.07) is 5.44. The normalized spacial score (nSPS) is 18.4. The Morgan fingerprint density at radius 3 is 2.75 bits per heavy atom. The zero-order valence-electron chi connectivity index (χ0n) is 14.7. The molecule has 0 aliphatic carbocycles. The topological polar surface area (TPSA) is 67.2 Å². The predicted molar refractivity (Wildman–Crippen MR) is 94.2 cm³/mol. The fourth-order valence-corrected chi connectivity index (χ4v) is 3.20. The van der Waals surface area contributed by atoms with Crippen molar-refractivity contribution in [1.29, 1.82) is 0 Å². The Balaban J connectivity index is 1.73. The Morgan fingerprint density at radius 1 is 1.38 bits per heavy atom. The first kappa shape index (κ1) is 16.6. The van der Waals surface area contributed by atoms with Crippen molar-refractivity contribution in [2.75, 3.05) is 13.1 Å². The average molecular weight is 328 g/mol. The maximum Gasteiger partial charge on any atom is 0.260 e. The molecule has 0 radical (unpaired) electrons. The summed E-state index contributed by atoms with van der Waals surface area (Å²) >= 11 is 0. The van der Waals surface area contributed by atoms with Gasteiger partial charge in [-0.15, -0.1) is 0 Å². The predicted octanol–water partition coefficient (Wildman–Crippen LogP) is 1.54. The number of hydrogen-bond donors (Lipinski definition) is 1. The molecule has 1 aliphatic heterocycles. The van der Waals surface area contributed by atoms with Crippen LogP contribution in [0.25, 0.3) is 10.9 Å². The average Bonchev–Trinajstić information content (AvgIpc) is 2.48. The number of rotatable bonds is 3. The summed E-state index contributed by atoms with van der Waals surface area (Å²) in [4.78, 5) is 31.2. The van der Waals surface area contributed by atoms with Gasteiger partial charge in [0.1, 0.15) is 0 Å². The van der Waals surface area contributed by atoms with E-state index in [0.717, 1.165) is 13.0 Å². The number of carbonyl (C=O) groups is 1. The summed E-state index contributed by atoms with van der Waals surface area (Å²) < 4.78 is 1.42. The van der Waals surface area contributed by atoms with Gasteiger partial charge >= 0.3 is 0 Å². The maximum atomic E-state index is 12.4. The number of benzene rings is 1. The van der Waals surface area contributed by atoms with Crippen LogP contribution in [0.3, 0.4) is 0 Å². The molecule has 1 N–H and O–H groups in total. The Kier molecular flexibility index (Phi) is 4.17. The first-order valence-corrected chi connectivity index (χ1v) is 8.28. The van der Waals surface area contributed by atoms with Gasteiger partial charge in [-0.3, -0.25) is 14.5 Å². The van der Waals surface area contributed by atoms with Gasteiger partial charge in [0.2, 0.25) is 0 Å². The van der Waals surface area contributed by atoms with E-state index in [0.29, 0.717) is 29.1 Å². The third-order valence-corrected chi connectivity index (χ3v) is 4.68. The molecule has 1 amide bonds. The van der Waals surface area contributed by atoms with Crippen LogP contribution in [-0.4, -0.2) is 45.0 Å². The van der Waals surface area contributed by atoms with Crippen molar-refractivity contribution in [3.8, 4) is 0 Å². The van der Waals surface area contributed by atoms with Crippen molar-refractivity contribution in [2.24, 2.45) is 7.05 Å². The van der Waals surface area contributed by atoms with Crippen LogP contribution in [0.2, 0.25) is 0 Å². The molecule has 1 fully saturated rings. The highest BCUT2D eigenvalue weighted by Crippen LogP contribution is 2.26. The molecule has 3 rings (SSSR count). The number of likely N-dealkylation sites (tertiary alicyclic amines) is 1. The molecule has 1 saturated heterocycles. The summed E-state index contributed by atoms with van der Waals surface area (Å²) in [5, 5.41) is 3.46. The van der Waals surface area contributed by atoms with Crippen molar-refractivity contribution in [3.05, 3.63) is 40.4 Å². The van der Waals surface area contributed by atoms with E-state index in [1.54, 1.807) is 25.2 Å². The lowest BCUT2D eigenvalue weighted by Crippen LogP contribution is -2.60. The second kappa shape index (κ2) is 6.02. The zero-order chi connectivity index (χ0) is 17.5. The molecule has 0 spiro atoms. The molecule has 6 heteroatoms. The van der Waals surface area contributed by atoms with Crippen LogP contribution in [0, 0.1) is 0 Å². The lowest BCUT2D eigenvalue weighted by molar-refractivity contribution is 0.00280. The van der Waals surface area contributed by atoms with Crippen LogP contribution in [0.4, 0.5) is 0 Å². The van der Waals surface area contributed by atoms with Crippen molar-refractivity contribution in [1.82, 2.24) is 19.8 Å². The fraction of sp³-hybridized carbons (Fsp3) is 0.500. The third kappa shape index (κ3) is 3.06. The number of hydrogen-bond acceptors (Lipinski definition) is 4. The van der Waals surface area contributed by atoms with Crippen LogP contribution >= 0.6 is 0 Å². The molecular weight excluding hydrogens is 304 g/mol. The van der Waals surface area contributed by atoms with Crippen molar-refractivity contribution in [2.45, 2.75) is 38.8 Å². The maximum absolute atomic E-state index is 12.4. The molecule has 2 heterocycles. The van der Waals surface area contributed by atoms with Crippen LogP contribution < -0.4 is 10.9 Å². The van der Waals surface area contributed by atoms with E-state index >= 15 is 0 Å². The van der Waals surface area contributed by atoms with Crippen molar-refractivity contribution < 1.29 is 4.79 Å². The zero-order valence-corrected chi connectivity index (χ0v) is 14.7. The Morgan fingerprint density at radius 2 is 2.12 bits per heavy atom. The van der Waals surface area contributed by atoms with Crippen molar-refractivity contribution in [3.63, 3.8) is 0 Å². The molecule has 1 aromatic carbocycles. The highest BCUT2D eigenvalue weighted by atomic mass is 16.1. The van der Waals surface area contributed by atoms with Crippen LogP contribution in [0.15, 0.2) is 29.3 Å². The Hall–Kier alpha value is -2.21. The van der Waals surface area contributed by atoms with Crippen molar-refractivity contribution >= 4 is 16.8 Å². The van der Waals surface area contributed by atoms with Gasteiger partial charge in [0.05, 0.1) is 17.2 Å². The molecule has 2 aromatic rings. The largest absolute Gasteiger partial charge is 0.350 e. The lowest BCUT2D eigenvalue weighted by atomic mass is 9.93. The fourth-order valence-electron chi connectivity index (χ4n) is 3.20. The smallest absolute Gasteiger partial charge is 0.260 e. The van der Waals surface area contributed by atoms with Crippen LogP contribution in [0.1, 0.15) is 37.6 Å². The number of aryl methyl sites for hydroxylation is 1. The van der Waals surface area contributed by atoms with Crippen LogP contribution in [-0.2, 0) is 7.05 Å². The molecule has 128 valence electrons. The van der Waals surface area contributed by atoms with Gasteiger partial charge in [0.25, 0.3) is 11.5 Å². The van der Waals surface area contributed by atoms with E-state index in [1.165, 1.54) is 10.9 Å². The SMILES string of the molecule is Cn1cnc2ccc(C(=O)NCC3CCN3C(C)(C)C)cc2c1=O. The number of aromatic nitrogens is 2. The number of amides is 1. The highest BCUT2D eigenvalue weighted by molar-refractivity contribution is 5.97. The van der Waals surface area contributed by atoms with E-state index in [1.807, 2.05) is 0 Å². The highest BCUT2D eigenvalue weighted by Gasteiger charge is 2.35. The van der Waals surface area contributed by atoms with E-state index in [-0.39, 0.29) is 17.0 Å². The third-order valence-electron chi connectivity index (χ3n) is 4.68. The molecule has 1 aromatic heterocycles. The van der Waals surface area contributed by atoms with E-state index < -0.39 is 0 Å². The van der Waals surface area contributed by atoms with Gasteiger partial charge in [0.15, 0.2) is 0 Å². The monoisotopic (exact) mass is 328 g/mol. The molecule has 0 saturated carbocycles. The molecule has 1 aliphatic rings. The van der Waals surface area contributed by atoms with E-state index in [2.05, 4.69) is 36.0 Å². The number of nitrogens with one attached hydrogen (secondary N) is 1. The Bertz CT molecular complexity index is 835. The molecular formula is C18H24N4O2. The van der Waals surface area contributed by atoms with Gasteiger partial charge < -0.3 is 9.88 Å². The van der Waals surface area contributed by atoms with Gasteiger partial charge in [-0.1, -0.05) is 0 Å². The molecule has 0 bridgehead atoms. The van der Waals surface area contributed by atoms with Gasteiger partial charge in [-0.05, 0) is 45.4 Å². The van der Waals surface area contributed by atoms with Gasteiger partial charge in [-0.25, -0.2) is 4.98 Å². The van der Waals surface area contributed by atoms with Gasteiger partial charge in [0, 0.05) is 37.3 Å². The quantitative estimate of drug-likeness (QED) is 0.928. The van der Waals surface area contributed by atoms with Crippen LogP contribution in [0.5, 0.6) is 0 Å². The first-order valence-electron chi connectivity index (χ1n) is 8.28. The van der Waals surface area contributed by atoms with E-state index in [9.17, 15) is 9.59 Å². The summed E-state index contributed by atoms with van der Waals surface area (Å²) in [7, 11) is 1.65. The second-order valence-electron chi connectivity index (χ2n) is 7.41. The summed E-state index contributed by atoms with van der Waals surface area (Å²) in [5.41, 5.74) is 1.07.